The van der Waals surface area contributed by atoms with Crippen LogP contribution in [0.5, 0.6) is 11.5 Å². The molecule has 0 atom stereocenters. The first-order chi connectivity index (χ1) is 17.0. The third-order valence-corrected chi connectivity index (χ3v) is 5.64. The van der Waals surface area contributed by atoms with Crippen molar-refractivity contribution in [1.82, 2.24) is 19.9 Å². The lowest BCUT2D eigenvalue weighted by Gasteiger charge is -2.12. The summed E-state index contributed by atoms with van der Waals surface area (Å²) >= 11 is 0. The molecule has 0 aliphatic heterocycles. The lowest BCUT2D eigenvalue weighted by molar-refractivity contribution is 0.102. The van der Waals surface area contributed by atoms with E-state index in [4.69, 9.17) is 4.74 Å². The number of benzene rings is 2. The van der Waals surface area contributed by atoms with Crippen molar-refractivity contribution in [3.05, 3.63) is 90.4 Å². The SMILES string of the molecule is CCNC(=O)n1ccc2cc(Oc3ccnc4cc(C)c(C(=O)Nc5ccccn5)cc34)ccc21. The van der Waals surface area contributed by atoms with E-state index in [-0.39, 0.29) is 11.9 Å². The molecule has 0 fully saturated rings. The van der Waals surface area contributed by atoms with E-state index < -0.39 is 0 Å². The number of anilines is 1. The molecule has 35 heavy (non-hydrogen) atoms. The molecule has 0 bridgehead atoms. The van der Waals surface area contributed by atoms with Crippen LogP contribution in [0, 0.1) is 6.92 Å². The summed E-state index contributed by atoms with van der Waals surface area (Å²) in [5, 5.41) is 7.21. The Hall–Kier alpha value is -4.72. The van der Waals surface area contributed by atoms with Gasteiger partial charge in [-0.15, -0.1) is 0 Å². The summed E-state index contributed by atoms with van der Waals surface area (Å²) in [4.78, 5) is 33.8. The Morgan fingerprint density at radius 1 is 1.00 bits per heavy atom. The molecule has 2 aromatic carbocycles. The van der Waals surface area contributed by atoms with Gasteiger partial charge < -0.3 is 15.4 Å². The highest BCUT2D eigenvalue weighted by Gasteiger charge is 2.15. The fourth-order valence-electron chi connectivity index (χ4n) is 3.95. The van der Waals surface area contributed by atoms with Gasteiger partial charge in [0, 0.05) is 41.5 Å². The largest absolute Gasteiger partial charge is 0.457 e. The lowest BCUT2D eigenvalue weighted by Crippen LogP contribution is -2.27. The Morgan fingerprint density at radius 3 is 2.69 bits per heavy atom. The van der Waals surface area contributed by atoms with Crippen LogP contribution in [-0.4, -0.2) is 33.0 Å². The number of carbonyl (C=O) groups is 2. The number of nitrogens with one attached hydrogen (secondary N) is 2. The summed E-state index contributed by atoms with van der Waals surface area (Å²) in [6.07, 6.45) is 5.03. The lowest BCUT2D eigenvalue weighted by atomic mass is 10.0. The molecule has 3 heterocycles. The smallest absolute Gasteiger partial charge is 0.326 e. The van der Waals surface area contributed by atoms with Crippen molar-refractivity contribution in [2.24, 2.45) is 0 Å². The number of nitrogens with zero attached hydrogens (tertiary/aromatic N) is 3. The van der Waals surface area contributed by atoms with Gasteiger partial charge in [-0.05, 0) is 74.0 Å². The first-order valence-corrected chi connectivity index (χ1v) is 11.2. The summed E-state index contributed by atoms with van der Waals surface area (Å²) in [5.41, 5.74) is 2.81. The van der Waals surface area contributed by atoms with Crippen LogP contribution in [0.25, 0.3) is 21.8 Å². The number of rotatable bonds is 5. The maximum Gasteiger partial charge on any atom is 0.326 e. The molecule has 174 valence electrons. The van der Waals surface area contributed by atoms with E-state index in [9.17, 15) is 9.59 Å². The van der Waals surface area contributed by atoms with Gasteiger partial charge in [0.1, 0.15) is 17.3 Å². The molecule has 2 N–H and O–H groups in total. The van der Waals surface area contributed by atoms with E-state index in [2.05, 4.69) is 20.6 Å². The van der Waals surface area contributed by atoms with E-state index in [1.165, 1.54) is 0 Å². The van der Waals surface area contributed by atoms with Gasteiger partial charge in [0.05, 0.1) is 11.0 Å². The van der Waals surface area contributed by atoms with E-state index >= 15 is 0 Å². The molecule has 0 saturated heterocycles. The second kappa shape index (κ2) is 9.26. The third kappa shape index (κ3) is 4.41. The average molecular weight is 466 g/mol. The first-order valence-electron chi connectivity index (χ1n) is 11.2. The van der Waals surface area contributed by atoms with Crippen LogP contribution in [0.4, 0.5) is 10.6 Å². The maximum atomic E-state index is 13.0. The van der Waals surface area contributed by atoms with Crippen molar-refractivity contribution in [1.29, 1.82) is 0 Å². The number of hydrogen-bond acceptors (Lipinski definition) is 5. The number of fused-ring (bicyclic) bond motifs is 2. The normalized spacial score (nSPS) is 10.9. The molecule has 0 aliphatic carbocycles. The van der Waals surface area contributed by atoms with Crippen LogP contribution in [-0.2, 0) is 0 Å². The van der Waals surface area contributed by atoms with Crippen LogP contribution in [0.1, 0.15) is 22.8 Å². The number of ether oxygens (including phenoxy) is 1. The minimum Gasteiger partial charge on any atom is -0.457 e. The third-order valence-electron chi connectivity index (χ3n) is 5.64. The van der Waals surface area contributed by atoms with Crippen molar-refractivity contribution >= 4 is 39.6 Å². The molecule has 0 unspecified atom stereocenters. The van der Waals surface area contributed by atoms with Crippen LogP contribution in [0.3, 0.4) is 0 Å². The number of aromatic nitrogens is 3. The van der Waals surface area contributed by atoms with Gasteiger partial charge in [0.2, 0.25) is 0 Å². The standard InChI is InChI=1S/C27H23N5O3/c1-3-28-27(34)32-13-10-18-15-19(7-8-23(18)32)35-24-9-12-29-22-14-17(2)20(16-21(22)24)26(33)31-25-6-4-5-11-30-25/h4-16H,3H2,1-2H3,(H,28,34)(H,30,31,33). The van der Waals surface area contributed by atoms with Crippen molar-refractivity contribution in [2.45, 2.75) is 13.8 Å². The number of hydrogen-bond donors (Lipinski definition) is 2. The summed E-state index contributed by atoms with van der Waals surface area (Å²) in [6, 6.07) is 18.0. The molecule has 0 aliphatic rings. The van der Waals surface area contributed by atoms with Crippen LogP contribution < -0.4 is 15.4 Å². The molecule has 5 rings (SSSR count). The Labute approximate surface area is 201 Å². The van der Waals surface area contributed by atoms with E-state index in [1.54, 1.807) is 47.4 Å². The van der Waals surface area contributed by atoms with Crippen LogP contribution >= 0.6 is 0 Å². The maximum absolute atomic E-state index is 13.0. The fourth-order valence-corrected chi connectivity index (χ4v) is 3.95. The Morgan fingerprint density at radius 2 is 1.89 bits per heavy atom. The highest BCUT2D eigenvalue weighted by Crippen LogP contribution is 2.32. The molecule has 5 aromatic rings. The second-order valence-corrected chi connectivity index (χ2v) is 8.01. The zero-order valence-corrected chi connectivity index (χ0v) is 19.3. The topological polar surface area (TPSA) is 98.1 Å². The summed E-state index contributed by atoms with van der Waals surface area (Å²) in [5.74, 6) is 1.40. The number of carbonyl (C=O) groups excluding carboxylic acids is 2. The van der Waals surface area contributed by atoms with Gasteiger partial charge in [-0.1, -0.05) is 6.07 Å². The fraction of sp³-hybridized carbons (Fsp3) is 0.111. The molecule has 0 saturated carbocycles. The number of pyridine rings is 2. The van der Waals surface area contributed by atoms with Gasteiger partial charge in [-0.2, -0.15) is 0 Å². The van der Waals surface area contributed by atoms with E-state index in [0.717, 1.165) is 22.0 Å². The van der Waals surface area contributed by atoms with Gasteiger partial charge in [-0.3, -0.25) is 14.3 Å². The molecule has 0 radical (unpaired) electrons. The average Bonchev–Trinajstić information content (AvgIpc) is 3.28. The van der Waals surface area contributed by atoms with Crippen molar-refractivity contribution in [2.75, 3.05) is 11.9 Å². The van der Waals surface area contributed by atoms with Crippen LogP contribution in [0.15, 0.2) is 79.3 Å². The van der Waals surface area contributed by atoms with Gasteiger partial charge >= 0.3 is 6.03 Å². The molecule has 8 heteroatoms. The summed E-state index contributed by atoms with van der Waals surface area (Å²) in [6.45, 7) is 4.30. The zero-order valence-electron chi connectivity index (χ0n) is 19.3. The monoisotopic (exact) mass is 465 g/mol. The Kier molecular flexibility index (Phi) is 5.85. The Balaban J connectivity index is 1.47. The summed E-state index contributed by atoms with van der Waals surface area (Å²) in [7, 11) is 0. The van der Waals surface area contributed by atoms with E-state index in [0.29, 0.717) is 34.8 Å². The predicted molar refractivity (Wildman–Crippen MR) is 135 cm³/mol. The molecule has 8 nitrogen and oxygen atoms in total. The van der Waals surface area contributed by atoms with Crippen molar-refractivity contribution < 1.29 is 14.3 Å². The summed E-state index contributed by atoms with van der Waals surface area (Å²) < 4.78 is 7.79. The zero-order chi connectivity index (χ0) is 24.4. The highest BCUT2D eigenvalue weighted by atomic mass is 16.5. The van der Waals surface area contributed by atoms with Gasteiger partial charge in [0.25, 0.3) is 5.91 Å². The first kappa shape index (κ1) is 22.1. The van der Waals surface area contributed by atoms with E-state index in [1.807, 2.05) is 50.2 Å². The molecule has 0 spiro atoms. The van der Waals surface area contributed by atoms with Crippen molar-refractivity contribution in [3.63, 3.8) is 0 Å². The predicted octanol–water partition coefficient (Wildman–Crippen LogP) is 5.52. The highest BCUT2D eigenvalue weighted by molar-refractivity contribution is 6.07. The molecular formula is C27H23N5O3. The quantitative estimate of drug-likeness (QED) is 0.356. The van der Waals surface area contributed by atoms with Gasteiger partial charge in [0.15, 0.2) is 0 Å². The minimum absolute atomic E-state index is 0.178. The second-order valence-electron chi connectivity index (χ2n) is 8.01. The van der Waals surface area contributed by atoms with Crippen LogP contribution in [0.2, 0.25) is 0 Å². The van der Waals surface area contributed by atoms with Gasteiger partial charge in [-0.25, -0.2) is 9.78 Å². The Bertz CT molecular complexity index is 1560. The molecule has 3 aromatic heterocycles. The number of amides is 2. The minimum atomic E-state index is -0.258. The molecular weight excluding hydrogens is 442 g/mol. The van der Waals surface area contributed by atoms with Crippen molar-refractivity contribution in [3.8, 4) is 11.5 Å². The number of aryl methyl sites for hydroxylation is 1. The molecule has 2 amide bonds.